The predicted octanol–water partition coefficient (Wildman–Crippen LogP) is 3.78. The molecule has 2 aromatic rings. The van der Waals surface area contributed by atoms with Gasteiger partial charge in [0.2, 0.25) is 10.0 Å². The first-order valence-corrected chi connectivity index (χ1v) is 9.38. The Hall–Kier alpha value is -0.890. The summed E-state index contributed by atoms with van der Waals surface area (Å²) in [5.74, 6) is 0. The lowest BCUT2D eigenvalue weighted by atomic mass is 10.3. The lowest BCUT2D eigenvalue weighted by Gasteiger charge is -2.24. The van der Waals surface area contributed by atoms with Crippen LogP contribution in [0.2, 0.25) is 0 Å². The molecule has 21 heavy (non-hydrogen) atoms. The third kappa shape index (κ3) is 3.31. The summed E-state index contributed by atoms with van der Waals surface area (Å²) in [4.78, 5) is 2.36. The fourth-order valence-corrected chi connectivity index (χ4v) is 5.28. The molecule has 0 aliphatic rings. The second-order valence-corrected chi connectivity index (χ2v) is 8.98. The Morgan fingerprint density at radius 2 is 1.95 bits per heavy atom. The summed E-state index contributed by atoms with van der Waals surface area (Å²) in [5.41, 5.74) is 6.13. The first kappa shape index (κ1) is 16.5. The van der Waals surface area contributed by atoms with Crippen LogP contribution in [-0.2, 0) is 10.0 Å². The lowest BCUT2D eigenvalue weighted by Crippen LogP contribution is -2.29. The van der Waals surface area contributed by atoms with E-state index in [-0.39, 0.29) is 10.9 Å². The first-order chi connectivity index (χ1) is 9.73. The minimum absolute atomic E-state index is 0.185. The van der Waals surface area contributed by atoms with Gasteiger partial charge in [-0.25, -0.2) is 8.42 Å². The van der Waals surface area contributed by atoms with Gasteiger partial charge in [-0.2, -0.15) is 4.31 Å². The van der Waals surface area contributed by atoms with Crippen LogP contribution in [0.3, 0.4) is 0 Å². The third-order valence-electron chi connectivity index (χ3n) is 3.33. The molecule has 1 aromatic carbocycles. The van der Waals surface area contributed by atoms with Gasteiger partial charge in [-0.1, -0.05) is 0 Å². The van der Waals surface area contributed by atoms with Crippen molar-refractivity contribution >= 4 is 43.0 Å². The topological polar surface area (TPSA) is 63.4 Å². The maximum atomic E-state index is 12.8. The van der Waals surface area contributed by atoms with E-state index in [2.05, 4.69) is 15.9 Å². The standard InChI is InChI=1S/C14H17BrN2O2S2/c1-9-4-7-13(20-9)10(2)17(3)21(18,19)14-8-11(16)5-6-12(14)15/h4-8,10H,16H2,1-3H3. The van der Waals surface area contributed by atoms with E-state index in [1.54, 1.807) is 30.5 Å². The van der Waals surface area contributed by atoms with Crippen LogP contribution in [0.4, 0.5) is 5.69 Å². The van der Waals surface area contributed by atoms with Gasteiger partial charge in [0, 0.05) is 27.0 Å². The maximum Gasteiger partial charge on any atom is 0.244 e. The summed E-state index contributed by atoms with van der Waals surface area (Å²) in [7, 11) is -2.03. The number of thiophene rings is 1. The Balaban J connectivity index is 2.41. The molecule has 0 spiro atoms. The van der Waals surface area contributed by atoms with Crippen molar-refractivity contribution < 1.29 is 8.42 Å². The highest BCUT2D eigenvalue weighted by Gasteiger charge is 2.28. The smallest absolute Gasteiger partial charge is 0.244 e. The Morgan fingerprint density at radius 1 is 1.29 bits per heavy atom. The molecule has 1 aromatic heterocycles. The quantitative estimate of drug-likeness (QED) is 0.810. The zero-order valence-corrected chi connectivity index (χ0v) is 15.2. The van der Waals surface area contributed by atoms with Crippen LogP contribution in [0, 0.1) is 6.92 Å². The monoisotopic (exact) mass is 388 g/mol. The van der Waals surface area contributed by atoms with Crippen LogP contribution in [-0.4, -0.2) is 19.8 Å². The summed E-state index contributed by atoms with van der Waals surface area (Å²) in [6.45, 7) is 3.88. The Bertz CT molecular complexity index is 756. The Labute approximate surface area is 137 Å². The predicted molar refractivity (Wildman–Crippen MR) is 91.0 cm³/mol. The number of halogens is 1. The van der Waals surface area contributed by atoms with Crippen molar-refractivity contribution in [2.24, 2.45) is 0 Å². The van der Waals surface area contributed by atoms with Crippen LogP contribution in [0.1, 0.15) is 22.7 Å². The van der Waals surface area contributed by atoms with Crippen molar-refractivity contribution in [3.63, 3.8) is 0 Å². The molecule has 2 rings (SSSR count). The molecule has 0 fully saturated rings. The van der Waals surface area contributed by atoms with Crippen LogP contribution in [0.5, 0.6) is 0 Å². The second kappa shape index (κ2) is 6.08. The number of nitrogens with two attached hydrogens (primary N) is 1. The molecule has 7 heteroatoms. The molecular formula is C14H17BrN2O2S2. The van der Waals surface area contributed by atoms with Gasteiger partial charge in [-0.05, 0) is 60.1 Å². The summed E-state index contributed by atoms with van der Waals surface area (Å²) < 4.78 is 27.4. The summed E-state index contributed by atoms with van der Waals surface area (Å²) in [5, 5.41) is 0. The van der Waals surface area contributed by atoms with Crippen LogP contribution in [0.15, 0.2) is 39.7 Å². The number of hydrogen-bond donors (Lipinski definition) is 1. The van der Waals surface area contributed by atoms with E-state index in [9.17, 15) is 8.42 Å². The molecule has 0 aliphatic heterocycles. The van der Waals surface area contributed by atoms with Crippen molar-refractivity contribution in [3.05, 3.63) is 44.6 Å². The Kier molecular flexibility index (Phi) is 4.77. The second-order valence-electron chi connectivity index (χ2n) is 4.84. The van der Waals surface area contributed by atoms with E-state index in [0.29, 0.717) is 10.2 Å². The number of nitrogens with zero attached hydrogens (tertiary/aromatic N) is 1. The van der Waals surface area contributed by atoms with E-state index in [4.69, 9.17) is 5.73 Å². The molecule has 1 heterocycles. The molecule has 2 N–H and O–H groups in total. The number of rotatable bonds is 4. The number of nitrogen functional groups attached to an aromatic ring is 1. The molecule has 1 atom stereocenters. The SMILES string of the molecule is Cc1ccc(C(C)N(C)S(=O)(=O)c2cc(N)ccc2Br)s1. The highest BCUT2D eigenvalue weighted by molar-refractivity contribution is 9.10. The molecular weight excluding hydrogens is 372 g/mol. The van der Waals surface area contributed by atoms with E-state index in [1.807, 2.05) is 26.0 Å². The van der Waals surface area contributed by atoms with Crippen molar-refractivity contribution in [1.29, 1.82) is 0 Å². The number of aryl methyl sites for hydroxylation is 1. The summed E-state index contributed by atoms with van der Waals surface area (Å²) in [6.07, 6.45) is 0. The van der Waals surface area contributed by atoms with E-state index in [0.717, 1.165) is 9.75 Å². The minimum atomic E-state index is -3.62. The van der Waals surface area contributed by atoms with Gasteiger partial charge in [0.1, 0.15) is 0 Å². The number of sulfonamides is 1. The van der Waals surface area contributed by atoms with Gasteiger partial charge < -0.3 is 5.73 Å². The largest absolute Gasteiger partial charge is 0.399 e. The average Bonchev–Trinajstić information content (AvgIpc) is 2.86. The Morgan fingerprint density at radius 3 is 2.52 bits per heavy atom. The molecule has 0 amide bonds. The molecule has 4 nitrogen and oxygen atoms in total. The fourth-order valence-electron chi connectivity index (χ4n) is 1.94. The van der Waals surface area contributed by atoms with Crippen molar-refractivity contribution in [2.45, 2.75) is 24.8 Å². The highest BCUT2D eigenvalue weighted by Crippen LogP contribution is 2.33. The zero-order valence-electron chi connectivity index (χ0n) is 12.0. The normalized spacial score (nSPS) is 13.6. The molecule has 1 unspecified atom stereocenters. The van der Waals surface area contributed by atoms with E-state index in [1.165, 1.54) is 10.4 Å². The maximum absolute atomic E-state index is 12.8. The van der Waals surface area contributed by atoms with Crippen LogP contribution >= 0.6 is 27.3 Å². The molecule has 114 valence electrons. The number of benzene rings is 1. The van der Waals surface area contributed by atoms with Crippen molar-refractivity contribution in [2.75, 3.05) is 12.8 Å². The molecule has 0 aliphatic carbocycles. The molecule has 0 saturated heterocycles. The summed E-state index contributed by atoms with van der Waals surface area (Å²) >= 11 is 4.89. The van der Waals surface area contributed by atoms with E-state index >= 15 is 0 Å². The van der Waals surface area contributed by atoms with Crippen molar-refractivity contribution in [3.8, 4) is 0 Å². The third-order valence-corrected chi connectivity index (χ3v) is 7.42. The van der Waals surface area contributed by atoms with Gasteiger partial charge in [-0.15, -0.1) is 11.3 Å². The van der Waals surface area contributed by atoms with Gasteiger partial charge in [-0.3, -0.25) is 0 Å². The fraction of sp³-hybridized carbons (Fsp3) is 0.286. The van der Waals surface area contributed by atoms with Crippen molar-refractivity contribution in [1.82, 2.24) is 4.31 Å². The minimum Gasteiger partial charge on any atom is -0.399 e. The van der Waals surface area contributed by atoms with E-state index < -0.39 is 10.0 Å². The first-order valence-electron chi connectivity index (χ1n) is 6.33. The molecule has 0 bridgehead atoms. The van der Waals surface area contributed by atoms with Gasteiger partial charge in [0.15, 0.2) is 0 Å². The number of hydrogen-bond acceptors (Lipinski definition) is 4. The zero-order chi connectivity index (χ0) is 15.8. The van der Waals surface area contributed by atoms with Crippen LogP contribution in [0.25, 0.3) is 0 Å². The lowest BCUT2D eigenvalue weighted by molar-refractivity contribution is 0.402. The summed E-state index contributed by atoms with van der Waals surface area (Å²) in [6, 6.07) is 8.51. The number of anilines is 1. The molecule has 0 saturated carbocycles. The van der Waals surface area contributed by atoms with Gasteiger partial charge in [0.25, 0.3) is 0 Å². The van der Waals surface area contributed by atoms with Crippen LogP contribution < -0.4 is 5.73 Å². The average molecular weight is 389 g/mol. The highest BCUT2D eigenvalue weighted by atomic mass is 79.9. The van der Waals surface area contributed by atoms with Gasteiger partial charge >= 0.3 is 0 Å². The van der Waals surface area contributed by atoms with Gasteiger partial charge in [0.05, 0.1) is 10.9 Å². The molecule has 0 radical (unpaired) electrons.